The summed E-state index contributed by atoms with van der Waals surface area (Å²) in [5, 5.41) is 0. The van der Waals surface area contributed by atoms with Crippen LogP contribution in [0, 0.1) is 0 Å². The Kier molecular flexibility index (Phi) is 5.83. The van der Waals surface area contributed by atoms with Crippen molar-refractivity contribution in [2.45, 2.75) is 59.0 Å². The van der Waals surface area contributed by atoms with Crippen molar-refractivity contribution in [2.24, 2.45) is 0 Å². The normalized spacial score (nSPS) is 21.1. The molecular weight excluding hydrogens is 318 g/mol. The van der Waals surface area contributed by atoms with Crippen LogP contribution < -0.4 is 10.6 Å². The van der Waals surface area contributed by atoms with Gasteiger partial charge in [-0.25, -0.2) is 4.79 Å². The van der Waals surface area contributed by atoms with Crippen LogP contribution in [0.15, 0.2) is 18.2 Å². The summed E-state index contributed by atoms with van der Waals surface area (Å²) in [6.07, 6.45) is -0.0138. The van der Waals surface area contributed by atoms with E-state index in [2.05, 4.69) is 18.7 Å². The zero-order valence-corrected chi connectivity index (χ0v) is 16.2. The molecule has 1 heterocycles. The van der Waals surface area contributed by atoms with Crippen LogP contribution in [0.25, 0.3) is 0 Å². The average molecular weight is 349 g/mol. The van der Waals surface area contributed by atoms with E-state index in [1.165, 1.54) is 0 Å². The molecule has 6 nitrogen and oxygen atoms in total. The van der Waals surface area contributed by atoms with Gasteiger partial charge in [0.25, 0.3) is 0 Å². The Morgan fingerprint density at radius 2 is 1.92 bits per heavy atom. The van der Waals surface area contributed by atoms with Crippen molar-refractivity contribution in [3.63, 3.8) is 0 Å². The molecule has 0 aromatic heterocycles. The van der Waals surface area contributed by atoms with Gasteiger partial charge in [0.05, 0.1) is 18.8 Å². The molecule has 2 rings (SSSR count). The maximum absolute atomic E-state index is 12.3. The Hall–Kier alpha value is -1.95. The van der Waals surface area contributed by atoms with Gasteiger partial charge in [-0.1, -0.05) is 0 Å². The van der Waals surface area contributed by atoms with Gasteiger partial charge in [0, 0.05) is 31.5 Å². The molecule has 0 bridgehead atoms. The highest BCUT2D eigenvalue weighted by molar-refractivity contribution is 5.69. The van der Waals surface area contributed by atoms with E-state index in [-0.39, 0.29) is 18.3 Å². The summed E-state index contributed by atoms with van der Waals surface area (Å²) < 4.78 is 11.3. The zero-order valence-electron chi connectivity index (χ0n) is 16.2. The van der Waals surface area contributed by atoms with Crippen molar-refractivity contribution in [3.05, 3.63) is 23.8 Å². The van der Waals surface area contributed by atoms with E-state index in [1.807, 2.05) is 39.0 Å². The van der Waals surface area contributed by atoms with Gasteiger partial charge in [0.1, 0.15) is 5.60 Å². The van der Waals surface area contributed by atoms with Crippen molar-refractivity contribution in [1.29, 1.82) is 0 Å². The third-order valence-corrected chi connectivity index (χ3v) is 3.98. The van der Waals surface area contributed by atoms with E-state index < -0.39 is 5.60 Å². The van der Waals surface area contributed by atoms with Gasteiger partial charge >= 0.3 is 6.09 Å². The lowest BCUT2D eigenvalue weighted by molar-refractivity contribution is -0.00535. The Morgan fingerprint density at radius 3 is 2.48 bits per heavy atom. The third-order valence-electron chi connectivity index (χ3n) is 3.98. The second-order valence-electron chi connectivity index (χ2n) is 7.89. The zero-order chi connectivity index (χ0) is 18.8. The Morgan fingerprint density at radius 1 is 1.32 bits per heavy atom. The minimum absolute atomic E-state index is 0.165. The van der Waals surface area contributed by atoms with Gasteiger partial charge in [-0.05, 0) is 58.4 Å². The van der Waals surface area contributed by atoms with E-state index >= 15 is 0 Å². The molecule has 0 radical (unpaired) electrons. The van der Waals surface area contributed by atoms with Crippen LogP contribution in [0.3, 0.4) is 0 Å². The fraction of sp³-hybridized carbons (Fsp3) is 0.632. The van der Waals surface area contributed by atoms with Gasteiger partial charge < -0.3 is 25.0 Å². The fourth-order valence-corrected chi connectivity index (χ4v) is 3.08. The molecule has 1 amide bonds. The minimum Gasteiger partial charge on any atom is -0.444 e. The Labute approximate surface area is 150 Å². The topological polar surface area (TPSA) is 68.0 Å². The van der Waals surface area contributed by atoms with Crippen LogP contribution in [-0.4, -0.2) is 48.9 Å². The largest absolute Gasteiger partial charge is 0.444 e. The second kappa shape index (κ2) is 7.52. The average Bonchev–Trinajstić information content (AvgIpc) is 2.44. The molecule has 1 fully saturated rings. The number of hydrogen-bond acceptors (Lipinski definition) is 5. The summed E-state index contributed by atoms with van der Waals surface area (Å²) >= 11 is 0. The third kappa shape index (κ3) is 5.53. The van der Waals surface area contributed by atoms with Crippen LogP contribution in [-0.2, 0) is 16.0 Å². The summed E-state index contributed by atoms with van der Waals surface area (Å²) in [7, 11) is 1.74. The van der Waals surface area contributed by atoms with E-state index in [4.69, 9.17) is 15.2 Å². The Balaban J connectivity index is 2.19. The standard InChI is InChI=1S/C19H31N3O3/c1-13-10-22(11-14(2)24-13)17-8-7-16(20)9-15(17)12-21(6)18(23)25-19(3,4)5/h7-9,13-14H,10-12,20H2,1-6H3/t13-,14+. The SMILES string of the molecule is C[C@@H]1CN(c2ccc(N)cc2CN(C)C(=O)OC(C)(C)C)C[C@H](C)O1. The molecule has 140 valence electrons. The maximum atomic E-state index is 12.3. The highest BCUT2D eigenvalue weighted by Crippen LogP contribution is 2.28. The molecule has 1 aromatic rings. The lowest BCUT2D eigenvalue weighted by Gasteiger charge is -2.38. The van der Waals surface area contributed by atoms with Gasteiger partial charge in [0.15, 0.2) is 0 Å². The highest BCUT2D eigenvalue weighted by Gasteiger charge is 2.25. The first kappa shape index (κ1) is 19.4. The van der Waals surface area contributed by atoms with E-state index in [1.54, 1.807) is 11.9 Å². The lowest BCUT2D eigenvalue weighted by Crippen LogP contribution is -2.46. The molecule has 2 atom stereocenters. The van der Waals surface area contributed by atoms with E-state index in [0.717, 1.165) is 24.3 Å². The molecule has 0 aliphatic carbocycles. The van der Waals surface area contributed by atoms with E-state index in [9.17, 15) is 4.79 Å². The van der Waals surface area contributed by atoms with Crippen LogP contribution in [0.5, 0.6) is 0 Å². The summed E-state index contributed by atoms with van der Waals surface area (Å²) in [5.41, 5.74) is 8.26. The predicted molar refractivity (Wildman–Crippen MR) is 101 cm³/mol. The van der Waals surface area contributed by atoms with Crippen LogP contribution in [0.4, 0.5) is 16.2 Å². The smallest absolute Gasteiger partial charge is 0.410 e. The number of carbonyl (C=O) groups excluding carboxylic acids is 1. The predicted octanol–water partition coefficient (Wildman–Crippen LogP) is 3.25. The van der Waals surface area contributed by atoms with Crippen LogP contribution in [0.2, 0.25) is 0 Å². The number of benzene rings is 1. The molecule has 2 N–H and O–H groups in total. The Bertz CT molecular complexity index is 602. The number of amides is 1. The molecule has 0 saturated carbocycles. The van der Waals surface area contributed by atoms with Crippen molar-refractivity contribution in [1.82, 2.24) is 4.90 Å². The van der Waals surface area contributed by atoms with Crippen LogP contribution in [0.1, 0.15) is 40.2 Å². The van der Waals surface area contributed by atoms with Gasteiger partial charge in [-0.3, -0.25) is 0 Å². The van der Waals surface area contributed by atoms with Crippen molar-refractivity contribution >= 4 is 17.5 Å². The first-order valence-electron chi connectivity index (χ1n) is 8.78. The van der Waals surface area contributed by atoms with Crippen molar-refractivity contribution in [2.75, 3.05) is 30.8 Å². The number of nitrogens with two attached hydrogens (primary N) is 1. The fourth-order valence-electron chi connectivity index (χ4n) is 3.08. The summed E-state index contributed by atoms with van der Waals surface area (Å²) in [4.78, 5) is 16.2. The second-order valence-corrected chi connectivity index (χ2v) is 7.89. The minimum atomic E-state index is -0.515. The summed E-state index contributed by atoms with van der Waals surface area (Å²) in [6, 6.07) is 5.86. The van der Waals surface area contributed by atoms with E-state index in [0.29, 0.717) is 12.2 Å². The lowest BCUT2D eigenvalue weighted by atomic mass is 10.1. The van der Waals surface area contributed by atoms with Gasteiger partial charge in [0.2, 0.25) is 0 Å². The number of morpholine rings is 1. The highest BCUT2D eigenvalue weighted by atomic mass is 16.6. The van der Waals surface area contributed by atoms with Crippen molar-refractivity contribution < 1.29 is 14.3 Å². The number of ether oxygens (including phenoxy) is 2. The molecule has 6 heteroatoms. The molecule has 1 aliphatic heterocycles. The number of nitrogens with zero attached hydrogens (tertiary/aromatic N) is 2. The number of carbonyl (C=O) groups is 1. The first-order chi connectivity index (χ1) is 11.5. The first-order valence-corrected chi connectivity index (χ1v) is 8.78. The van der Waals surface area contributed by atoms with Crippen molar-refractivity contribution in [3.8, 4) is 0 Å². The maximum Gasteiger partial charge on any atom is 0.410 e. The summed E-state index contributed by atoms with van der Waals surface area (Å²) in [5.74, 6) is 0. The summed E-state index contributed by atoms with van der Waals surface area (Å²) in [6.45, 7) is 11.8. The molecule has 0 unspecified atom stereocenters. The molecular formula is C19H31N3O3. The molecule has 1 aliphatic rings. The molecule has 1 saturated heterocycles. The number of hydrogen-bond donors (Lipinski definition) is 1. The van der Waals surface area contributed by atoms with Gasteiger partial charge in [-0.15, -0.1) is 0 Å². The quantitative estimate of drug-likeness (QED) is 0.849. The number of rotatable bonds is 3. The number of anilines is 2. The molecule has 0 spiro atoms. The monoisotopic (exact) mass is 349 g/mol. The van der Waals surface area contributed by atoms with Crippen LogP contribution >= 0.6 is 0 Å². The molecule has 1 aromatic carbocycles. The molecule has 25 heavy (non-hydrogen) atoms. The van der Waals surface area contributed by atoms with Gasteiger partial charge in [-0.2, -0.15) is 0 Å². The number of nitrogen functional groups attached to an aromatic ring is 1.